The van der Waals surface area contributed by atoms with E-state index >= 15 is 0 Å². The molecule has 28 heavy (non-hydrogen) atoms. The van der Waals surface area contributed by atoms with Gasteiger partial charge in [-0.2, -0.15) is 5.10 Å². The van der Waals surface area contributed by atoms with Gasteiger partial charge in [0.15, 0.2) is 5.78 Å². The lowest BCUT2D eigenvalue weighted by molar-refractivity contribution is 0.104. The first-order valence-corrected chi connectivity index (χ1v) is 10.1. The number of methoxy groups -OCH3 is 1. The van der Waals surface area contributed by atoms with Crippen LogP contribution in [0, 0.1) is 5.92 Å². The summed E-state index contributed by atoms with van der Waals surface area (Å²) in [6, 6.07) is 13.6. The molecule has 0 radical (unpaired) electrons. The molecule has 140 valence electrons. The summed E-state index contributed by atoms with van der Waals surface area (Å²) >= 11 is 1.55. The van der Waals surface area contributed by atoms with Crippen LogP contribution in [0.15, 0.2) is 42.5 Å². The fourth-order valence-corrected chi connectivity index (χ4v) is 4.70. The third kappa shape index (κ3) is 2.48. The molecule has 5 rings (SSSR count). The van der Waals surface area contributed by atoms with Crippen molar-refractivity contribution in [1.29, 1.82) is 0 Å². The second-order valence-electron chi connectivity index (χ2n) is 7.38. The van der Waals surface area contributed by atoms with Gasteiger partial charge in [0.2, 0.25) is 5.13 Å². The van der Waals surface area contributed by atoms with Gasteiger partial charge in [-0.3, -0.25) is 4.79 Å². The Bertz CT molecular complexity index is 1240. The molecule has 0 amide bonds. The van der Waals surface area contributed by atoms with Gasteiger partial charge >= 0.3 is 0 Å². The van der Waals surface area contributed by atoms with Crippen LogP contribution in [0.2, 0.25) is 0 Å². The summed E-state index contributed by atoms with van der Waals surface area (Å²) in [5.41, 5.74) is 5.02. The molecule has 0 N–H and O–H groups in total. The van der Waals surface area contributed by atoms with Crippen molar-refractivity contribution < 1.29 is 9.53 Å². The minimum atomic E-state index is 0.0651. The molecule has 2 aromatic carbocycles. The molecule has 0 spiro atoms. The van der Waals surface area contributed by atoms with Crippen molar-refractivity contribution in [3.8, 4) is 22.1 Å². The number of ketones is 1. The summed E-state index contributed by atoms with van der Waals surface area (Å²) < 4.78 is 8.22. The molecule has 0 atom stereocenters. The molecule has 0 fully saturated rings. The smallest absolute Gasteiger partial charge is 0.212 e. The number of rotatable bonds is 4. The van der Waals surface area contributed by atoms with Crippen LogP contribution in [0.5, 0.6) is 5.75 Å². The number of hydrogen-bond donors (Lipinski definition) is 0. The standard InChI is InChI=1S/C22H19N3O2S/c1-12(2)10-17-19-20(14-6-4-5-7-15(14)21(19)26)25(24-17)22-23-16-9-8-13(27-3)11-18(16)28-22/h4-9,11-12H,10H2,1-3H3. The van der Waals surface area contributed by atoms with Crippen molar-refractivity contribution in [2.75, 3.05) is 7.11 Å². The van der Waals surface area contributed by atoms with Crippen LogP contribution in [0.25, 0.3) is 26.6 Å². The van der Waals surface area contributed by atoms with E-state index in [4.69, 9.17) is 14.8 Å². The Balaban J connectivity index is 1.75. The number of carbonyl (C=O) groups excluding carboxylic acids is 1. The van der Waals surface area contributed by atoms with Crippen LogP contribution in [0.1, 0.15) is 35.5 Å². The molecule has 6 heteroatoms. The van der Waals surface area contributed by atoms with Crippen LogP contribution in [0.4, 0.5) is 0 Å². The monoisotopic (exact) mass is 389 g/mol. The zero-order chi connectivity index (χ0) is 19.4. The van der Waals surface area contributed by atoms with Crippen molar-refractivity contribution in [3.05, 3.63) is 59.3 Å². The Labute approximate surface area is 166 Å². The number of carbonyl (C=O) groups is 1. The summed E-state index contributed by atoms with van der Waals surface area (Å²) in [4.78, 5) is 17.9. The maximum Gasteiger partial charge on any atom is 0.212 e. The van der Waals surface area contributed by atoms with E-state index in [0.717, 1.165) is 55.6 Å². The molecule has 2 aromatic heterocycles. The predicted molar refractivity (Wildman–Crippen MR) is 111 cm³/mol. The minimum absolute atomic E-state index is 0.0651. The largest absolute Gasteiger partial charge is 0.497 e. The third-order valence-corrected chi connectivity index (χ3v) is 5.97. The quantitative estimate of drug-likeness (QED) is 0.439. The summed E-state index contributed by atoms with van der Waals surface area (Å²) in [5, 5.41) is 5.60. The van der Waals surface area contributed by atoms with E-state index in [0.29, 0.717) is 5.92 Å². The van der Waals surface area contributed by atoms with Crippen molar-refractivity contribution in [2.24, 2.45) is 5.92 Å². The van der Waals surface area contributed by atoms with Gasteiger partial charge in [0.25, 0.3) is 0 Å². The number of hydrogen-bond acceptors (Lipinski definition) is 5. The number of thiazole rings is 1. The topological polar surface area (TPSA) is 57.0 Å². The zero-order valence-corrected chi connectivity index (χ0v) is 16.7. The first-order valence-electron chi connectivity index (χ1n) is 9.27. The highest BCUT2D eigenvalue weighted by Crippen LogP contribution is 2.41. The van der Waals surface area contributed by atoms with Crippen molar-refractivity contribution in [3.63, 3.8) is 0 Å². The van der Waals surface area contributed by atoms with E-state index < -0.39 is 0 Å². The molecule has 0 saturated heterocycles. The average molecular weight is 389 g/mol. The number of benzene rings is 2. The Morgan fingerprint density at radius 1 is 1.14 bits per heavy atom. The van der Waals surface area contributed by atoms with Gasteiger partial charge < -0.3 is 4.74 Å². The number of fused-ring (bicyclic) bond motifs is 4. The Hall–Kier alpha value is -2.99. The van der Waals surface area contributed by atoms with E-state index in [1.54, 1.807) is 18.4 Å². The van der Waals surface area contributed by atoms with Crippen LogP contribution in [-0.2, 0) is 6.42 Å². The SMILES string of the molecule is COc1ccc2nc(-n3nc(CC(C)C)c4c3-c3ccccc3C4=O)sc2c1. The summed E-state index contributed by atoms with van der Waals surface area (Å²) in [6.07, 6.45) is 0.758. The van der Waals surface area contributed by atoms with Crippen LogP contribution < -0.4 is 4.74 Å². The van der Waals surface area contributed by atoms with E-state index in [-0.39, 0.29) is 5.78 Å². The predicted octanol–water partition coefficient (Wildman–Crippen LogP) is 4.90. The molecular formula is C22H19N3O2S. The third-order valence-electron chi connectivity index (χ3n) is 4.98. The van der Waals surface area contributed by atoms with Gasteiger partial charge in [-0.05, 0) is 30.5 Å². The molecule has 0 saturated carbocycles. The minimum Gasteiger partial charge on any atom is -0.497 e. The Morgan fingerprint density at radius 2 is 1.93 bits per heavy atom. The summed E-state index contributed by atoms with van der Waals surface area (Å²) in [6.45, 7) is 4.28. The maximum absolute atomic E-state index is 13.1. The molecule has 2 heterocycles. The van der Waals surface area contributed by atoms with E-state index in [9.17, 15) is 4.79 Å². The van der Waals surface area contributed by atoms with Crippen LogP contribution >= 0.6 is 11.3 Å². The number of nitrogens with zero attached hydrogens (tertiary/aromatic N) is 3. The molecule has 1 aliphatic rings. The molecular weight excluding hydrogens is 370 g/mol. The van der Waals surface area contributed by atoms with E-state index in [1.165, 1.54) is 0 Å². The number of ether oxygens (including phenoxy) is 1. The highest BCUT2D eigenvalue weighted by atomic mass is 32.1. The van der Waals surface area contributed by atoms with E-state index in [1.807, 2.05) is 47.1 Å². The highest BCUT2D eigenvalue weighted by molar-refractivity contribution is 7.20. The second kappa shape index (κ2) is 6.27. The summed E-state index contributed by atoms with van der Waals surface area (Å²) in [7, 11) is 1.66. The van der Waals surface area contributed by atoms with Gasteiger partial charge in [0.05, 0.1) is 34.3 Å². The van der Waals surface area contributed by atoms with Crippen LogP contribution in [-0.4, -0.2) is 27.7 Å². The fraction of sp³-hybridized carbons (Fsp3) is 0.227. The lowest BCUT2D eigenvalue weighted by Crippen LogP contribution is -2.04. The molecule has 1 aliphatic carbocycles. The van der Waals surface area contributed by atoms with Gasteiger partial charge in [-0.15, -0.1) is 0 Å². The van der Waals surface area contributed by atoms with Crippen molar-refractivity contribution in [2.45, 2.75) is 20.3 Å². The first-order chi connectivity index (χ1) is 13.6. The van der Waals surface area contributed by atoms with Crippen molar-refractivity contribution in [1.82, 2.24) is 14.8 Å². The molecule has 0 bridgehead atoms. The zero-order valence-electron chi connectivity index (χ0n) is 15.9. The van der Waals surface area contributed by atoms with Gasteiger partial charge in [0, 0.05) is 11.1 Å². The van der Waals surface area contributed by atoms with E-state index in [2.05, 4.69) is 13.8 Å². The van der Waals surface area contributed by atoms with Crippen LogP contribution in [0.3, 0.4) is 0 Å². The first kappa shape index (κ1) is 17.1. The van der Waals surface area contributed by atoms with Gasteiger partial charge in [-0.1, -0.05) is 49.4 Å². The molecule has 0 aliphatic heterocycles. The molecule has 5 nitrogen and oxygen atoms in total. The summed E-state index contributed by atoms with van der Waals surface area (Å²) in [5.74, 6) is 1.27. The Morgan fingerprint density at radius 3 is 2.68 bits per heavy atom. The maximum atomic E-state index is 13.1. The average Bonchev–Trinajstić information content (AvgIpc) is 3.34. The molecule has 0 unspecified atom stereocenters. The fourth-order valence-electron chi connectivity index (χ4n) is 3.75. The van der Waals surface area contributed by atoms with Gasteiger partial charge in [-0.25, -0.2) is 9.67 Å². The van der Waals surface area contributed by atoms with Gasteiger partial charge in [0.1, 0.15) is 5.75 Å². The lowest BCUT2D eigenvalue weighted by Gasteiger charge is -2.04. The number of aromatic nitrogens is 3. The Kier molecular flexibility index (Phi) is 3.84. The highest BCUT2D eigenvalue weighted by Gasteiger charge is 2.35. The lowest BCUT2D eigenvalue weighted by atomic mass is 10.0. The molecule has 4 aromatic rings. The normalized spacial score (nSPS) is 12.6. The second-order valence-corrected chi connectivity index (χ2v) is 8.39. The van der Waals surface area contributed by atoms with Crippen molar-refractivity contribution >= 4 is 27.3 Å².